The monoisotopic (exact) mass is 566 g/mol. The molecule has 3 aromatic carbocycles. The van der Waals surface area contributed by atoms with Gasteiger partial charge in [-0.2, -0.15) is 0 Å². The van der Waals surface area contributed by atoms with E-state index < -0.39 is 11.9 Å². The smallest absolute Gasteiger partial charge is 0.328 e. The molecule has 2 aliphatic heterocycles. The highest BCUT2D eigenvalue weighted by atomic mass is 16.2. The molecule has 9 heteroatoms. The summed E-state index contributed by atoms with van der Waals surface area (Å²) >= 11 is 0. The van der Waals surface area contributed by atoms with Gasteiger partial charge < -0.3 is 20.4 Å². The molecule has 3 aromatic rings. The van der Waals surface area contributed by atoms with Crippen LogP contribution in [-0.2, 0) is 16.0 Å². The Hall–Kier alpha value is -4.47. The van der Waals surface area contributed by atoms with E-state index in [2.05, 4.69) is 27.5 Å². The number of nitrogens with zero attached hydrogens (tertiary/aromatic N) is 4. The Kier molecular flexibility index (Phi) is 8.70. The van der Waals surface area contributed by atoms with Crippen molar-refractivity contribution in [2.45, 2.75) is 13.3 Å². The molecule has 0 aromatic heterocycles. The van der Waals surface area contributed by atoms with Crippen LogP contribution in [0.5, 0.6) is 0 Å². The van der Waals surface area contributed by atoms with Gasteiger partial charge in [-0.1, -0.05) is 49.4 Å². The lowest BCUT2D eigenvalue weighted by Gasteiger charge is -2.32. The lowest BCUT2D eigenvalue weighted by molar-refractivity contribution is -0.119. The zero-order chi connectivity index (χ0) is 29.8. The van der Waals surface area contributed by atoms with Gasteiger partial charge in [0.15, 0.2) is 0 Å². The number of fused-ring (bicyclic) bond motifs is 1. The number of carbonyl (C=O) groups is 3. The third-order valence-corrected chi connectivity index (χ3v) is 7.98. The highest BCUT2D eigenvalue weighted by Gasteiger charge is 2.39. The van der Waals surface area contributed by atoms with Crippen LogP contribution in [0.2, 0.25) is 0 Å². The molecular formula is C33H38N6O3. The second-order valence-corrected chi connectivity index (χ2v) is 10.7. The third kappa shape index (κ3) is 5.93. The Morgan fingerprint density at radius 2 is 1.62 bits per heavy atom. The van der Waals surface area contributed by atoms with Crippen LogP contribution in [0.15, 0.2) is 72.8 Å². The summed E-state index contributed by atoms with van der Waals surface area (Å²) in [7, 11) is 5.41. The summed E-state index contributed by atoms with van der Waals surface area (Å²) in [5, 5.41) is 6.07. The molecule has 0 atom stereocenters. The van der Waals surface area contributed by atoms with Crippen molar-refractivity contribution in [1.82, 2.24) is 15.1 Å². The van der Waals surface area contributed by atoms with Gasteiger partial charge in [0.2, 0.25) is 5.91 Å². The standard InChI is InChI=1S/C33H38N6O3/c1-5-23-11-16-27-28(21-23)39(33(42)34-2)32(41)30(27)31(24-9-7-6-8-10-24)35-25-12-14-26(15-13-25)37(4)29(40)22-38-19-17-36(3)18-20-38/h6-16,21,35H,5,17-20,22H2,1-4H3,(H,34,42). The van der Waals surface area contributed by atoms with E-state index in [1.165, 1.54) is 11.9 Å². The third-order valence-electron chi connectivity index (χ3n) is 7.98. The number of hydrogen-bond donors (Lipinski definition) is 2. The molecule has 0 spiro atoms. The zero-order valence-corrected chi connectivity index (χ0v) is 24.7. The maximum absolute atomic E-state index is 13.9. The molecular weight excluding hydrogens is 528 g/mol. The van der Waals surface area contributed by atoms with Crippen molar-refractivity contribution in [3.8, 4) is 0 Å². The Bertz CT molecular complexity index is 1490. The minimum absolute atomic E-state index is 0.0428. The van der Waals surface area contributed by atoms with Crippen molar-refractivity contribution in [3.05, 3.63) is 89.5 Å². The van der Waals surface area contributed by atoms with Crippen LogP contribution in [0.4, 0.5) is 21.9 Å². The normalized spacial score (nSPS) is 16.7. The quantitative estimate of drug-likeness (QED) is 0.419. The molecule has 0 unspecified atom stereocenters. The molecule has 1 fully saturated rings. The van der Waals surface area contributed by atoms with Gasteiger partial charge in [-0.15, -0.1) is 0 Å². The first kappa shape index (κ1) is 29.0. The van der Waals surface area contributed by atoms with Gasteiger partial charge in [0.1, 0.15) is 0 Å². The van der Waals surface area contributed by atoms with Crippen molar-refractivity contribution in [1.29, 1.82) is 0 Å². The average molecular weight is 567 g/mol. The van der Waals surface area contributed by atoms with Crippen molar-refractivity contribution in [2.75, 3.05) is 69.0 Å². The van der Waals surface area contributed by atoms with Crippen LogP contribution < -0.4 is 20.4 Å². The van der Waals surface area contributed by atoms with Crippen LogP contribution in [0.3, 0.4) is 0 Å². The topological polar surface area (TPSA) is 88.2 Å². The summed E-state index contributed by atoms with van der Waals surface area (Å²) in [4.78, 5) is 47.1. The molecule has 9 nitrogen and oxygen atoms in total. The first-order chi connectivity index (χ1) is 20.3. The van der Waals surface area contributed by atoms with Crippen LogP contribution >= 0.6 is 0 Å². The molecule has 42 heavy (non-hydrogen) atoms. The summed E-state index contributed by atoms with van der Waals surface area (Å²) in [6.07, 6.45) is 0.782. The Morgan fingerprint density at radius 3 is 2.26 bits per heavy atom. The molecule has 0 saturated carbocycles. The van der Waals surface area contributed by atoms with E-state index in [9.17, 15) is 14.4 Å². The van der Waals surface area contributed by atoms with Gasteiger partial charge in [-0.3, -0.25) is 14.5 Å². The number of rotatable bonds is 7. The summed E-state index contributed by atoms with van der Waals surface area (Å²) in [5.74, 6) is -0.351. The second kappa shape index (κ2) is 12.6. The second-order valence-electron chi connectivity index (χ2n) is 10.7. The Labute approximate surface area is 247 Å². The van der Waals surface area contributed by atoms with E-state index in [4.69, 9.17) is 0 Å². The maximum atomic E-state index is 13.9. The SMILES string of the molecule is CCc1ccc2c(c1)N(C(=O)NC)C(=O)C2=C(Nc1ccc(N(C)C(=O)CN2CCN(C)CC2)cc1)c1ccccc1. The van der Waals surface area contributed by atoms with Gasteiger partial charge in [0.05, 0.1) is 23.5 Å². The summed E-state index contributed by atoms with van der Waals surface area (Å²) in [5.41, 5.74) is 5.67. The van der Waals surface area contributed by atoms with E-state index in [1.807, 2.05) is 79.7 Å². The van der Waals surface area contributed by atoms with Gasteiger partial charge in [-0.05, 0) is 54.9 Å². The number of benzene rings is 3. The zero-order valence-electron chi connectivity index (χ0n) is 24.7. The van der Waals surface area contributed by atoms with E-state index in [-0.39, 0.29) is 5.91 Å². The predicted molar refractivity (Wildman–Crippen MR) is 168 cm³/mol. The number of imide groups is 1. The van der Waals surface area contributed by atoms with Crippen LogP contribution in [0.25, 0.3) is 11.3 Å². The first-order valence-corrected chi connectivity index (χ1v) is 14.3. The number of hydrogen-bond acceptors (Lipinski definition) is 6. The molecule has 2 heterocycles. The average Bonchev–Trinajstić information content (AvgIpc) is 3.31. The van der Waals surface area contributed by atoms with Crippen molar-refractivity contribution in [3.63, 3.8) is 0 Å². The molecule has 0 radical (unpaired) electrons. The Balaban J connectivity index is 1.46. The van der Waals surface area contributed by atoms with Crippen molar-refractivity contribution >= 4 is 46.2 Å². The fraction of sp³-hybridized carbons (Fsp3) is 0.303. The summed E-state index contributed by atoms with van der Waals surface area (Å²) < 4.78 is 0. The highest BCUT2D eigenvalue weighted by molar-refractivity contribution is 6.43. The largest absolute Gasteiger partial charge is 0.354 e. The molecule has 2 N–H and O–H groups in total. The van der Waals surface area contributed by atoms with Gasteiger partial charge in [0, 0.05) is 57.2 Å². The van der Waals surface area contributed by atoms with Crippen LogP contribution in [-0.4, -0.2) is 81.5 Å². The number of likely N-dealkylation sites (N-methyl/N-ethyl adjacent to an activating group) is 2. The van der Waals surface area contributed by atoms with E-state index in [1.54, 1.807) is 11.9 Å². The molecule has 0 bridgehead atoms. The number of carbonyl (C=O) groups excluding carboxylic acids is 3. The number of piperazine rings is 1. The van der Waals surface area contributed by atoms with Crippen molar-refractivity contribution < 1.29 is 14.4 Å². The predicted octanol–water partition coefficient (Wildman–Crippen LogP) is 4.13. The molecule has 2 aliphatic rings. The number of aryl methyl sites for hydroxylation is 1. The number of nitrogens with one attached hydrogen (secondary N) is 2. The van der Waals surface area contributed by atoms with Crippen LogP contribution in [0.1, 0.15) is 23.6 Å². The molecule has 4 amide bonds. The first-order valence-electron chi connectivity index (χ1n) is 14.3. The van der Waals surface area contributed by atoms with E-state index in [0.717, 1.165) is 55.1 Å². The molecule has 0 aliphatic carbocycles. The van der Waals surface area contributed by atoms with Gasteiger partial charge >= 0.3 is 6.03 Å². The van der Waals surface area contributed by atoms with E-state index >= 15 is 0 Å². The fourth-order valence-electron chi connectivity index (χ4n) is 5.33. The van der Waals surface area contributed by atoms with Crippen molar-refractivity contribution in [2.24, 2.45) is 0 Å². The summed E-state index contributed by atoms with van der Waals surface area (Å²) in [6, 6.07) is 22.5. The fourth-order valence-corrected chi connectivity index (χ4v) is 5.33. The number of anilines is 3. The van der Waals surface area contributed by atoms with Gasteiger partial charge in [0.25, 0.3) is 5.91 Å². The summed E-state index contributed by atoms with van der Waals surface area (Å²) in [6.45, 7) is 6.12. The molecule has 1 saturated heterocycles. The number of urea groups is 1. The lowest BCUT2D eigenvalue weighted by atomic mass is 9.98. The molecule has 5 rings (SSSR count). The highest BCUT2D eigenvalue weighted by Crippen LogP contribution is 2.42. The Morgan fingerprint density at radius 1 is 0.929 bits per heavy atom. The van der Waals surface area contributed by atoms with Gasteiger partial charge in [-0.25, -0.2) is 9.69 Å². The minimum atomic E-state index is -0.481. The molecule has 218 valence electrons. The van der Waals surface area contributed by atoms with Crippen LogP contribution in [0, 0.1) is 0 Å². The maximum Gasteiger partial charge on any atom is 0.328 e. The lowest BCUT2D eigenvalue weighted by Crippen LogP contribution is -2.48. The minimum Gasteiger partial charge on any atom is -0.354 e. The van der Waals surface area contributed by atoms with E-state index in [0.29, 0.717) is 29.1 Å². The number of amides is 4.